The zero-order valence-electron chi connectivity index (χ0n) is 7.87. The van der Waals surface area contributed by atoms with Gasteiger partial charge in [0.15, 0.2) is 0 Å². The maximum absolute atomic E-state index is 11.5. The molecule has 0 bridgehead atoms. The van der Waals surface area contributed by atoms with Crippen LogP contribution < -0.4 is 10.6 Å². The first kappa shape index (κ1) is 9.07. The summed E-state index contributed by atoms with van der Waals surface area (Å²) in [6, 6.07) is 0. The van der Waals surface area contributed by atoms with E-state index in [4.69, 9.17) is 0 Å². The number of carbonyl (C=O) groups is 1. The van der Waals surface area contributed by atoms with Crippen molar-refractivity contribution in [2.24, 2.45) is 0 Å². The smallest absolute Gasteiger partial charge is 0.293 e. The largest absolute Gasteiger partial charge is 0.343 e. The number of nitrogens with zero attached hydrogens (tertiary/aromatic N) is 3. The van der Waals surface area contributed by atoms with Crippen LogP contribution in [0.2, 0.25) is 0 Å². The van der Waals surface area contributed by atoms with Crippen LogP contribution in [0.1, 0.15) is 24.0 Å². The van der Waals surface area contributed by atoms with Gasteiger partial charge in [-0.1, -0.05) is 0 Å². The number of tetrazole rings is 1. The summed E-state index contributed by atoms with van der Waals surface area (Å²) in [6.07, 6.45) is 0.913. The van der Waals surface area contributed by atoms with Crippen LogP contribution in [0.3, 0.4) is 0 Å². The summed E-state index contributed by atoms with van der Waals surface area (Å²) in [6.45, 7) is 3.69. The number of rotatable bonds is 2. The van der Waals surface area contributed by atoms with Crippen molar-refractivity contribution >= 4 is 5.91 Å². The maximum atomic E-state index is 11.5. The predicted molar refractivity (Wildman–Crippen MR) is 47.5 cm³/mol. The minimum absolute atomic E-state index is 0.0816. The monoisotopic (exact) mass is 196 g/mol. The summed E-state index contributed by atoms with van der Waals surface area (Å²) >= 11 is 0. The number of hydrogen-bond acceptors (Lipinski definition) is 5. The average molecular weight is 196 g/mol. The van der Waals surface area contributed by atoms with E-state index < -0.39 is 0 Å². The van der Waals surface area contributed by atoms with E-state index >= 15 is 0 Å². The van der Waals surface area contributed by atoms with Crippen LogP contribution in [-0.2, 0) is 0 Å². The summed E-state index contributed by atoms with van der Waals surface area (Å²) in [5, 5.41) is 18.8. The fourth-order valence-electron chi connectivity index (χ4n) is 1.51. The van der Waals surface area contributed by atoms with E-state index in [1.807, 2.05) is 6.92 Å². The van der Waals surface area contributed by atoms with Crippen molar-refractivity contribution in [2.45, 2.75) is 18.9 Å². The molecule has 3 N–H and O–H groups in total. The highest BCUT2D eigenvalue weighted by atomic mass is 16.2. The minimum atomic E-state index is -0.287. The fraction of sp³-hybridized carbons (Fsp3) is 0.714. The Kier molecular flexibility index (Phi) is 2.16. The van der Waals surface area contributed by atoms with Crippen LogP contribution in [0.5, 0.6) is 0 Å². The molecule has 0 saturated carbocycles. The summed E-state index contributed by atoms with van der Waals surface area (Å²) < 4.78 is 0. The lowest BCUT2D eigenvalue weighted by atomic mass is 10.0. The highest BCUT2D eigenvalue weighted by Gasteiger charge is 2.31. The number of H-pyrrole nitrogens is 1. The highest BCUT2D eigenvalue weighted by Crippen LogP contribution is 2.13. The van der Waals surface area contributed by atoms with Crippen molar-refractivity contribution in [3.8, 4) is 0 Å². The Balaban J connectivity index is 2.01. The first-order chi connectivity index (χ1) is 6.70. The normalized spacial score (nSPS) is 26.4. The van der Waals surface area contributed by atoms with Gasteiger partial charge in [0.1, 0.15) is 0 Å². The molecule has 2 rings (SSSR count). The molecule has 7 heteroatoms. The predicted octanol–water partition coefficient (Wildman–Crippen LogP) is -1.32. The lowest BCUT2D eigenvalue weighted by molar-refractivity contribution is 0.0902. The number of amides is 1. The second-order valence-corrected chi connectivity index (χ2v) is 3.68. The Bertz CT molecular complexity index is 315. The van der Waals surface area contributed by atoms with Gasteiger partial charge in [-0.3, -0.25) is 4.79 Å². The maximum Gasteiger partial charge on any atom is 0.293 e. The molecule has 1 atom stereocenters. The molecular weight excluding hydrogens is 184 g/mol. The lowest BCUT2D eigenvalue weighted by Gasteiger charge is -2.23. The number of carbonyl (C=O) groups excluding carboxylic acids is 1. The summed E-state index contributed by atoms with van der Waals surface area (Å²) in [5.74, 6) is -0.205. The molecule has 1 aromatic heterocycles. The van der Waals surface area contributed by atoms with Gasteiger partial charge in [-0.15, -0.1) is 10.2 Å². The van der Waals surface area contributed by atoms with Gasteiger partial charge in [-0.25, -0.2) is 0 Å². The third-order valence-corrected chi connectivity index (χ3v) is 2.33. The first-order valence-corrected chi connectivity index (χ1v) is 4.46. The molecule has 0 radical (unpaired) electrons. The third-order valence-electron chi connectivity index (χ3n) is 2.33. The van der Waals surface area contributed by atoms with Gasteiger partial charge in [0.2, 0.25) is 0 Å². The van der Waals surface area contributed by atoms with Gasteiger partial charge in [0.25, 0.3) is 11.7 Å². The molecule has 1 fully saturated rings. The molecule has 1 amide bonds. The zero-order chi connectivity index (χ0) is 10.0. The summed E-state index contributed by atoms with van der Waals surface area (Å²) in [5.41, 5.74) is -0.197. The van der Waals surface area contributed by atoms with Crippen molar-refractivity contribution in [2.75, 3.05) is 13.1 Å². The van der Waals surface area contributed by atoms with Crippen molar-refractivity contribution in [1.29, 1.82) is 0 Å². The molecule has 0 aromatic carbocycles. The number of nitrogens with one attached hydrogen (secondary N) is 3. The van der Waals surface area contributed by atoms with Crippen LogP contribution in [-0.4, -0.2) is 45.2 Å². The van der Waals surface area contributed by atoms with Crippen LogP contribution in [0.25, 0.3) is 0 Å². The second-order valence-electron chi connectivity index (χ2n) is 3.68. The molecule has 1 aromatic rings. The minimum Gasteiger partial charge on any atom is -0.343 e. The van der Waals surface area contributed by atoms with Gasteiger partial charge in [0, 0.05) is 6.54 Å². The van der Waals surface area contributed by atoms with Gasteiger partial charge >= 0.3 is 0 Å². The Morgan fingerprint density at radius 1 is 1.64 bits per heavy atom. The van der Waals surface area contributed by atoms with Crippen molar-refractivity contribution < 1.29 is 4.79 Å². The van der Waals surface area contributed by atoms with Crippen LogP contribution in [0, 0.1) is 0 Å². The van der Waals surface area contributed by atoms with E-state index in [2.05, 4.69) is 31.3 Å². The van der Waals surface area contributed by atoms with Gasteiger partial charge in [-0.2, -0.15) is 5.21 Å². The standard InChI is InChI=1S/C7H12N6O/c1-7(2-3-8-4-7)9-6(14)5-10-12-13-11-5/h8H,2-4H2,1H3,(H,9,14)(H,10,11,12,13). The molecule has 1 unspecified atom stereocenters. The lowest BCUT2D eigenvalue weighted by Crippen LogP contribution is -2.47. The van der Waals surface area contributed by atoms with Gasteiger partial charge in [-0.05, 0) is 25.1 Å². The molecule has 76 valence electrons. The quantitative estimate of drug-likeness (QED) is 0.545. The van der Waals surface area contributed by atoms with Gasteiger partial charge < -0.3 is 10.6 Å². The second kappa shape index (κ2) is 3.33. The zero-order valence-corrected chi connectivity index (χ0v) is 7.87. The topological polar surface area (TPSA) is 95.6 Å². The van der Waals surface area contributed by atoms with Crippen LogP contribution in [0.15, 0.2) is 0 Å². The van der Waals surface area contributed by atoms with E-state index in [1.54, 1.807) is 0 Å². The molecule has 7 nitrogen and oxygen atoms in total. The fourth-order valence-corrected chi connectivity index (χ4v) is 1.51. The molecule has 0 aliphatic carbocycles. The van der Waals surface area contributed by atoms with Crippen LogP contribution in [0.4, 0.5) is 0 Å². The molecule has 2 heterocycles. The van der Waals surface area contributed by atoms with Gasteiger partial charge in [0.05, 0.1) is 5.54 Å². The van der Waals surface area contributed by atoms with E-state index in [-0.39, 0.29) is 17.3 Å². The van der Waals surface area contributed by atoms with Crippen molar-refractivity contribution in [3.63, 3.8) is 0 Å². The van der Waals surface area contributed by atoms with Crippen LogP contribution >= 0.6 is 0 Å². The van der Waals surface area contributed by atoms with E-state index in [0.29, 0.717) is 0 Å². The van der Waals surface area contributed by atoms with E-state index in [9.17, 15) is 4.79 Å². The molecule has 1 saturated heterocycles. The van der Waals surface area contributed by atoms with Crippen molar-refractivity contribution in [3.05, 3.63) is 5.82 Å². The first-order valence-electron chi connectivity index (χ1n) is 4.46. The number of hydrogen-bond donors (Lipinski definition) is 3. The molecular formula is C7H12N6O. The Labute approximate surface area is 80.6 Å². The number of aromatic nitrogens is 4. The Morgan fingerprint density at radius 2 is 2.50 bits per heavy atom. The number of aromatic amines is 1. The molecule has 0 spiro atoms. The Morgan fingerprint density at radius 3 is 3.07 bits per heavy atom. The Hall–Kier alpha value is -1.50. The average Bonchev–Trinajstić information content (AvgIpc) is 2.74. The summed E-state index contributed by atoms with van der Waals surface area (Å²) in [7, 11) is 0. The van der Waals surface area contributed by atoms with E-state index in [1.165, 1.54) is 0 Å². The molecule has 14 heavy (non-hydrogen) atoms. The SMILES string of the molecule is CC1(NC(=O)c2nn[nH]n2)CCNC1. The van der Waals surface area contributed by atoms with E-state index in [0.717, 1.165) is 19.5 Å². The molecule has 1 aliphatic heterocycles. The highest BCUT2D eigenvalue weighted by molar-refractivity contribution is 5.90. The third kappa shape index (κ3) is 1.72. The molecule has 1 aliphatic rings. The van der Waals surface area contributed by atoms with Crippen molar-refractivity contribution in [1.82, 2.24) is 31.3 Å². The summed E-state index contributed by atoms with van der Waals surface area (Å²) in [4.78, 5) is 11.5.